The van der Waals surface area contributed by atoms with Crippen LogP contribution in [0.25, 0.3) is 11.1 Å². The van der Waals surface area contributed by atoms with E-state index in [-0.39, 0.29) is 11.3 Å². The van der Waals surface area contributed by atoms with E-state index in [2.05, 4.69) is 0 Å². The lowest BCUT2D eigenvalue weighted by molar-refractivity contribution is -0.137. The van der Waals surface area contributed by atoms with Crippen LogP contribution in [0.3, 0.4) is 0 Å². The maximum absolute atomic E-state index is 13.0. The highest BCUT2D eigenvalue weighted by Crippen LogP contribution is 2.39. The van der Waals surface area contributed by atoms with Crippen molar-refractivity contribution in [3.63, 3.8) is 0 Å². The second kappa shape index (κ2) is 4.90. The minimum atomic E-state index is -4.47. The third kappa shape index (κ3) is 2.67. The van der Waals surface area contributed by atoms with Gasteiger partial charge >= 0.3 is 6.18 Å². The summed E-state index contributed by atoms with van der Waals surface area (Å²) in [6.45, 7) is 1.34. The van der Waals surface area contributed by atoms with Gasteiger partial charge in [-0.1, -0.05) is 11.6 Å². The fourth-order valence-electron chi connectivity index (χ4n) is 1.97. The van der Waals surface area contributed by atoms with Crippen LogP contribution in [-0.4, -0.2) is 0 Å². The van der Waals surface area contributed by atoms with Crippen LogP contribution in [0, 0.1) is 6.92 Å². The molecule has 0 bridgehead atoms. The van der Waals surface area contributed by atoms with E-state index in [9.17, 15) is 13.2 Å². The number of nitrogens with two attached hydrogens (primary N) is 2. The minimum absolute atomic E-state index is 0.00171. The molecule has 2 rings (SSSR count). The zero-order valence-electron chi connectivity index (χ0n) is 10.6. The van der Waals surface area contributed by atoms with Crippen LogP contribution in [0.5, 0.6) is 0 Å². The Morgan fingerprint density at radius 3 is 2.25 bits per heavy atom. The minimum Gasteiger partial charge on any atom is -0.398 e. The van der Waals surface area contributed by atoms with Crippen molar-refractivity contribution in [2.75, 3.05) is 11.5 Å². The molecule has 106 valence electrons. The molecule has 0 saturated heterocycles. The van der Waals surface area contributed by atoms with Gasteiger partial charge in [0, 0.05) is 22.0 Å². The summed E-state index contributed by atoms with van der Waals surface area (Å²) >= 11 is 5.86. The Morgan fingerprint density at radius 2 is 1.65 bits per heavy atom. The molecule has 0 amide bonds. The number of nitrogen functional groups attached to an aromatic ring is 2. The fourth-order valence-corrected chi connectivity index (χ4v) is 2.14. The van der Waals surface area contributed by atoms with Crippen LogP contribution in [0.2, 0.25) is 5.02 Å². The van der Waals surface area contributed by atoms with Gasteiger partial charge in [-0.15, -0.1) is 0 Å². The number of halogens is 4. The van der Waals surface area contributed by atoms with E-state index < -0.39 is 11.7 Å². The Bertz CT molecular complexity index is 666. The molecule has 2 nitrogen and oxygen atoms in total. The molecular formula is C14H12ClF3N2. The zero-order valence-corrected chi connectivity index (χ0v) is 11.3. The molecule has 0 spiro atoms. The number of hydrogen-bond acceptors (Lipinski definition) is 2. The summed E-state index contributed by atoms with van der Waals surface area (Å²) in [6, 6.07) is 7.13. The van der Waals surface area contributed by atoms with Crippen molar-refractivity contribution in [3.8, 4) is 11.1 Å². The van der Waals surface area contributed by atoms with Crippen molar-refractivity contribution in [2.45, 2.75) is 13.1 Å². The van der Waals surface area contributed by atoms with Gasteiger partial charge in [-0.25, -0.2) is 0 Å². The Labute approximate surface area is 119 Å². The third-order valence-corrected chi connectivity index (χ3v) is 3.31. The fraction of sp³-hybridized carbons (Fsp3) is 0.143. The predicted molar refractivity (Wildman–Crippen MR) is 75.5 cm³/mol. The highest BCUT2D eigenvalue weighted by Gasteiger charge is 2.33. The third-order valence-electron chi connectivity index (χ3n) is 3.08. The summed E-state index contributed by atoms with van der Waals surface area (Å²) in [5.41, 5.74) is 11.8. The van der Waals surface area contributed by atoms with Gasteiger partial charge < -0.3 is 11.5 Å². The summed E-state index contributed by atoms with van der Waals surface area (Å²) in [7, 11) is 0. The normalized spacial score (nSPS) is 11.7. The first-order valence-corrected chi connectivity index (χ1v) is 6.10. The second-order valence-corrected chi connectivity index (χ2v) is 4.90. The lowest BCUT2D eigenvalue weighted by Crippen LogP contribution is -2.09. The van der Waals surface area contributed by atoms with Gasteiger partial charge in [0.1, 0.15) is 0 Å². The van der Waals surface area contributed by atoms with E-state index >= 15 is 0 Å². The van der Waals surface area contributed by atoms with Crippen molar-refractivity contribution >= 4 is 23.0 Å². The summed E-state index contributed by atoms with van der Waals surface area (Å²) < 4.78 is 39.0. The topological polar surface area (TPSA) is 52.0 Å². The largest absolute Gasteiger partial charge is 0.416 e. The molecule has 0 fully saturated rings. The van der Waals surface area contributed by atoms with Gasteiger partial charge in [0.2, 0.25) is 0 Å². The molecule has 4 N–H and O–H groups in total. The van der Waals surface area contributed by atoms with Crippen molar-refractivity contribution in [1.29, 1.82) is 0 Å². The first-order chi connectivity index (χ1) is 9.20. The van der Waals surface area contributed by atoms with Crippen molar-refractivity contribution in [1.82, 2.24) is 0 Å². The zero-order chi connectivity index (χ0) is 15.1. The van der Waals surface area contributed by atoms with Gasteiger partial charge in [-0.2, -0.15) is 13.2 Å². The molecule has 0 saturated carbocycles. The highest BCUT2D eigenvalue weighted by atomic mass is 35.5. The number of benzene rings is 2. The highest BCUT2D eigenvalue weighted by molar-refractivity contribution is 6.31. The van der Waals surface area contributed by atoms with Gasteiger partial charge in [0.05, 0.1) is 5.56 Å². The van der Waals surface area contributed by atoms with E-state index in [0.717, 1.165) is 6.07 Å². The van der Waals surface area contributed by atoms with E-state index in [0.29, 0.717) is 21.8 Å². The number of anilines is 2. The Morgan fingerprint density at radius 1 is 1.00 bits per heavy atom. The lowest BCUT2D eigenvalue weighted by atomic mass is 9.97. The summed E-state index contributed by atoms with van der Waals surface area (Å²) in [4.78, 5) is 0. The predicted octanol–water partition coefficient (Wildman–Crippen LogP) is 4.50. The number of rotatable bonds is 1. The molecule has 0 aliphatic heterocycles. The molecule has 6 heteroatoms. The summed E-state index contributed by atoms with van der Waals surface area (Å²) in [6.07, 6.45) is -4.47. The second-order valence-electron chi connectivity index (χ2n) is 4.47. The van der Waals surface area contributed by atoms with Gasteiger partial charge in [0.25, 0.3) is 0 Å². The van der Waals surface area contributed by atoms with Crippen LogP contribution in [0.15, 0.2) is 30.3 Å². The van der Waals surface area contributed by atoms with E-state index in [1.54, 1.807) is 12.1 Å². The molecule has 0 aromatic heterocycles. The average molecular weight is 301 g/mol. The molecule has 0 aliphatic carbocycles. The molecule has 20 heavy (non-hydrogen) atoms. The van der Waals surface area contributed by atoms with Crippen LogP contribution in [0.1, 0.15) is 11.1 Å². The van der Waals surface area contributed by atoms with E-state index in [1.165, 1.54) is 19.1 Å². The maximum atomic E-state index is 13.0. The maximum Gasteiger partial charge on any atom is 0.416 e. The van der Waals surface area contributed by atoms with Gasteiger partial charge in [-0.3, -0.25) is 0 Å². The van der Waals surface area contributed by atoms with Crippen LogP contribution in [0.4, 0.5) is 24.5 Å². The lowest BCUT2D eigenvalue weighted by Gasteiger charge is -2.15. The molecule has 2 aromatic carbocycles. The number of alkyl halides is 3. The molecule has 0 aliphatic rings. The molecule has 0 heterocycles. The first kappa shape index (κ1) is 14.5. The molecule has 2 aromatic rings. The smallest absolute Gasteiger partial charge is 0.398 e. The van der Waals surface area contributed by atoms with Crippen LogP contribution < -0.4 is 11.5 Å². The van der Waals surface area contributed by atoms with Gasteiger partial charge in [0.15, 0.2) is 0 Å². The Kier molecular flexibility index (Phi) is 3.56. The Balaban J connectivity index is 2.70. The summed E-state index contributed by atoms with van der Waals surface area (Å²) in [5, 5.41) is 0.391. The number of hydrogen-bond donors (Lipinski definition) is 2. The van der Waals surface area contributed by atoms with Gasteiger partial charge in [-0.05, 0) is 48.4 Å². The Hall–Kier alpha value is -1.88. The summed E-state index contributed by atoms with van der Waals surface area (Å²) in [5.74, 6) is 0. The molecular weight excluding hydrogens is 289 g/mol. The van der Waals surface area contributed by atoms with Crippen LogP contribution >= 0.6 is 11.6 Å². The first-order valence-electron chi connectivity index (χ1n) is 5.73. The average Bonchev–Trinajstić information content (AvgIpc) is 2.34. The van der Waals surface area contributed by atoms with Crippen molar-refractivity contribution in [3.05, 3.63) is 46.5 Å². The SMILES string of the molecule is Cc1c(N)cc(-c2cc(Cl)ccc2N)cc1C(F)(F)F. The monoisotopic (exact) mass is 300 g/mol. The molecule has 0 unspecified atom stereocenters. The van der Waals surface area contributed by atoms with Crippen LogP contribution in [-0.2, 0) is 6.18 Å². The standard InChI is InChI=1S/C14H12ClF3N2/c1-7-11(14(16,17)18)4-8(5-13(7)20)10-6-9(15)2-3-12(10)19/h2-6H,19-20H2,1H3. The molecule has 0 atom stereocenters. The van der Waals surface area contributed by atoms with Crippen molar-refractivity contribution in [2.24, 2.45) is 0 Å². The van der Waals surface area contributed by atoms with Crippen molar-refractivity contribution < 1.29 is 13.2 Å². The molecule has 0 radical (unpaired) electrons. The van der Waals surface area contributed by atoms with E-state index in [1.807, 2.05) is 0 Å². The quantitative estimate of drug-likeness (QED) is 0.762. The van der Waals surface area contributed by atoms with E-state index in [4.69, 9.17) is 23.1 Å².